The first-order valence-electron chi connectivity index (χ1n) is 5.86. The van der Waals surface area contributed by atoms with Gasteiger partial charge in [0.05, 0.1) is 0 Å². The zero-order valence-corrected chi connectivity index (χ0v) is 10.6. The van der Waals surface area contributed by atoms with E-state index < -0.39 is 6.29 Å². The molecular formula is C11H20N2O4. The van der Waals surface area contributed by atoms with Crippen LogP contribution in [0.15, 0.2) is 4.52 Å². The third-order valence-electron chi connectivity index (χ3n) is 2.07. The van der Waals surface area contributed by atoms with Crippen LogP contribution in [0.4, 0.5) is 0 Å². The molecule has 1 rings (SSSR count). The number of aromatic nitrogens is 2. The molecule has 6 nitrogen and oxygen atoms in total. The van der Waals surface area contributed by atoms with Crippen molar-refractivity contribution in [1.82, 2.24) is 10.1 Å². The molecule has 0 bridgehead atoms. The molecule has 1 aromatic heterocycles. The summed E-state index contributed by atoms with van der Waals surface area (Å²) < 4.78 is 20.8. The second kappa shape index (κ2) is 8.16. The van der Waals surface area contributed by atoms with Crippen molar-refractivity contribution in [3.8, 4) is 0 Å². The molecular weight excluding hydrogens is 224 g/mol. The maximum absolute atomic E-state index is 5.36. The highest BCUT2D eigenvalue weighted by Crippen LogP contribution is 2.17. The van der Waals surface area contributed by atoms with Gasteiger partial charge in [0.25, 0.3) is 5.89 Å². The van der Waals surface area contributed by atoms with Gasteiger partial charge in [-0.15, -0.1) is 0 Å². The lowest BCUT2D eigenvalue weighted by Gasteiger charge is -2.11. The lowest BCUT2D eigenvalue weighted by atomic mass is 10.3. The van der Waals surface area contributed by atoms with Crippen molar-refractivity contribution in [3.05, 3.63) is 11.7 Å². The number of hydrogen-bond acceptors (Lipinski definition) is 6. The van der Waals surface area contributed by atoms with E-state index in [9.17, 15) is 0 Å². The standard InChI is InChI=1S/C11H20N2O4/c1-4-15-11(16-5-2)10-12-9(13-17-10)7-6-8-14-3/h11H,4-8H2,1-3H3. The summed E-state index contributed by atoms with van der Waals surface area (Å²) in [6.45, 7) is 5.53. The summed E-state index contributed by atoms with van der Waals surface area (Å²) in [6, 6.07) is 0. The molecule has 0 fully saturated rings. The molecule has 0 aliphatic heterocycles. The summed E-state index contributed by atoms with van der Waals surface area (Å²) in [5.41, 5.74) is 0. The maximum atomic E-state index is 5.36. The van der Waals surface area contributed by atoms with Gasteiger partial charge in [-0.05, 0) is 20.3 Å². The number of aryl methyl sites for hydroxylation is 1. The van der Waals surface area contributed by atoms with Crippen LogP contribution in [0, 0.1) is 0 Å². The van der Waals surface area contributed by atoms with Crippen molar-refractivity contribution in [1.29, 1.82) is 0 Å². The van der Waals surface area contributed by atoms with Crippen molar-refractivity contribution >= 4 is 0 Å². The highest BCUT2D eigenvalue weighted by molar-refractivity contribution is 4.88. The third-order valence-corrected chi connectivity index (χ3v) is 2.07. The van der Waals surface area contributed by atoms with Crippen molar-refractivity contribution in [3.63, 3.8) is 0 Å². The minimum absolute atomic E-state index is 0.376. The molecule has 0 aromatic carbocycles. The average molecular weight is 244 g/mol. The van der Waals surface area contributed by atoms with E-state index in [2.05, 4.69) is 10.1 Å². The minimum atomic E-state index is -0.561. The van der Waals surface area contributed by atoms with Crippen LogP contribution in [0.5, 0.6) is 0 Å². The predicted molar refractivity (Wildman–Crippen MR) is 60.5 cm³/mol. The second-order valence-corrected chi connectivity index (χ2v) is 3.39. The van der Waals surface area contributed by atoms with Crippen molar-refractivity contribution < 1.29 is 18.7 Å². The van der Waals surface area contributed by atoms with Crippen LogP contribution in [0.1, 0.15) is 38.3 Å². The molecule has 0 aliphatic carbocycles. The van der Waals surface area contributed by atoms with E-state index in [1.165, 1.54) is 0 Å². The largest absolute Gasteiger partial charge is 0.385 e. The topological polar surface area (TPSA) is 66.6 Å². The van der Waals surface area contributed by atoms with Crippen LogP contribution < -0.4 is 0 Å². The third kappa shape index (κ3) is 4.80. The van der Waals surface area contributed by atoms with E-state index >= 15 is 0 Å². The van der Waals surface area contributed by atoms with Gasteiger partial charge in [0.15, 0.2) is 5.82 Å². The van der Waals surface area contributed by atoms with E-state index in [0.717, 1.165) is 12.8 Å². The Kier molecular flexibility index (Phi) is 6.76. The summed E-state index contributed by atoms with van der Waals surface area (Å²) in [5, 5.41) is 3.87. The molecule has 0 saturated carbocycles. The van der Waals surface area contributed by atoms with Gasteiger partial charge in [-0.3, -0.25) is 0 Å². The van der Waals surface area contributed by atoms with Gasteiger partial charge in [0.1, 0.15) is 0 Å². The molecule has 0 amide bonds. The summed E-state index contributed by atoms with van der Waals surface area (Å²) in [5.74, 6) is 1.03. The molecule has 0 aliphatic rings. The van der Waals surface area contributed by atoms with Crippen LogP contribution in [0.3, 0.4) is 0 Å². The highest BCUT2D eigenvalue weighted by Gasteiger charge is 2.19. The molecule has 0 atom stereocenters. The minimum Gasteiger partial charge on any atom is -0.385 e. The van der Waals surface area contributed by atoms with Gasteiger partial charge in [-0.2, -0.15) is 4.98 Å². The maximum Gasteiger partial charge on any atom is 0.283 e. The van der Waals surface area contributed by atoms with Crippen LogP contribution in [0.25, 0.3) is 0 Å². The Labute approximate surface area is 101 Å². The quantitative estimate of drug-likeness (QED) is 0.486. The van der Waals surface area contributed by atoms with Crippen LogP contribution >= 0.6 is 0 Å². The number of hydrogen-bond donors (Lipinski definition) is 0. The number of rotatable bonds is 9. The van der Waals surface area contributed by atoms with Gasteiger partial charge >= 0.3 is 0 Å². The Bertz CT molecular complexity index is 297. The first-order valence-corrected chi connectivity index (χ1v) is 5.86. The zero-order chi connectivity index (χ0) is 12.5. The van der Waals surface area contributed by atoms with E-state index in [1.807, 2.05) is 13.8 Å². The Morgan fingerprint density at radius 2 is 1.94 bits per heavy atom. The summed E-state index contributed by atoms with van der Waals surface area (Å²) in [7, 11) is 1.67. The number of nitrogens with zero attached hydrogens (tertiary/aromatic N) is 2. The molecule has 17 heavy (non-hydrogen) atoms. The SMILES string of the molecule is CCOC(OCC)c1nc(CCCOC)no1. The fourth-order valence-corrected chi connectivity index (χ4v) is 1.33. The van der Waals surface area contributed by atoms with Crippen molar-refractivity contribution in [2.45, 2.75) is 33.0 Å². The highest BCUT2D eigenvalue weighted by atomic mass is 16.7. The van der Waals surface area contributed by atoms with Gasteiger partial charge in [-0.1, -0.05) is 5.16 Å². The van der Waals surface area contributed by atoms with Gasteiger partial charge in [0, 0.05) is 33.4 Å². The smallest absolute Gasteiger partial charge is 0.283 e. The molecule has 0 radical (unpaired) electrons. The molecule has 6 heteroatoms. The first kappa shape index (κ1) is 14.1. The molecule has 1 aromatic rings. The van der Waals surface area contributed by atoms with Crippen LogP contribution in [0.2, 0.25) is 0 Å². The van der Waals surface area contributed by atoms with Crippen molar-refractivity contribution in [2.75, 3.05) is 26.9 Å². The summed E-state index contributed by atoms with van der Waals surface area (Å²) in [6.07, 6.45) is 1.03. The summed E-state index contributed by atoms with van der Waals surface area (Å²) in [4.78, 5) is 4.24. The van der Waals surface area contributed by atoms with E-state index in [1.54, 1.807) is 7.11 Å². The molecule has 0 N–H and O–H groups in total. The Morgan fingerprint density at radius 3 is 2.53 bits per heavy atom. The van der Waals surface area contributed by atoms with E-state index in [4.69, 9.17) is 18.7 Å². The molecule has 98 valence electrons. The van der Waals surface area contributed by atoms with Crippen LogP contribution in [-0.2, 0) is 20.6 Å². The molecule has 0 unspecified atom stereocenters. The van der Waals surface area contributed by atoms with Gasteiger partial charge in [0.2, 0.25) is 6.29 Å². The Hall–Kier alpha value is -0.980. The Morgan fingerprint density at radius 1 is 1.24 bits per heavy atom. The number of ether oxygens (including phenoxy) is 3. The van der Waals surface area contributed by atoms with Gasteiger partial charge < -0.3 is 18.7 Å². The second-order valence-electron chi connectivity index (χ2n) is 3.39. The lowest BCUT2D eigenvalue weighted by Crippen LogP contribution is -2.09. The predicted octanol–water partition coefficient (Wildman–Crippen LogP) is 1.72. The van der Waals surface area contributed by atoms with Crippen LogP contribution in [-0.4, -0.2) is 37.1 Å². The molecule has 0 spiro atoms. The fraction of sp³-hybridized carbons (Fsp3) is 0.818. The number of methoxy groups -OCH3 is 1. The van der Waals surface area contributed by atoms with E-state index in [-0.39, 0.29) is 0 Å². The fourth-order valence-electron chi connectivity index (χ4n) is 1.33. The summed E-state index contributed by atoms with van der Waals surface area (Å²) >= 11 is 0. The Balaban J connectivity index is 2.51. The normalized spacial score (nSPS) is 11.3. The van der Waals surface area contributed by atoms with Crippen molar-refractivity contribution in [2.24, 2.45) is 0 Å². The van der Waals surface area contributed by atoms with E-state index in [0.29, 0.717) is 31.5 Å². The average Bonchev–Trinajstić information content (AvgIpc) is 2.78. The first-order chi connectivity index (χ1) is 8.31. The molecule has 1 heterocycles. The lowest BCUT2D eigenvalue weighted by molar-refractivity contribution is -0.155. The molecule has 0 saturated heterocycles. The monoisotopic (exact) mass is 244 g/mol. The zero-order valence-electron chi connectivity index (χ0n) is 10.6. The van der Waals surface area contributed by atoms with Gasteiger partial charge in [-0.25, -0.2) is 0 Å².